The fraction of sp³-hybridized carbons (Fsp3) is 0.529. The predicted molar refractivity (Wildman–Crippen MR) is 82.5 cm³/mol. The zero-order valence-corrected chi connectivity index (χ0v) is 12.7. The molecule has 118 valence electrons. The second-order valence-corrected chi connectivity index (χ2v) is 6.15. The highest BCUT2D eigenvalue weighted by molar-refractivity contribution is 5.95. The number of carbonyl (C=O) groups is 2. The van der Waals surface area contributed by atoms with Crippen molar-refractivity contribution in [1.82, 2.24) is 4.90 Å². The molecule has 1 aromatic carbocycles. The maximum Gasteiger partial charge on any atom is 0.254 e. The molecule has 0 spiro atoms. The van der Waals surface area contributed by atoms with Gasteiger partial charge in [0.05, 0.1) is 19.3 Å². The van der Waals surface area contributed by atoms with Gasteiger partial charge in [-0.1, -0.05) is 18.6 Å². The van der Waals surface area contributed by atoms with Crippen LogP contribution in [0.2, 0.25) is 0 Å². The highest BCUT2D eigenvalue weighted by atomic mass is 16.5. The molecule has 1 aliphatic carbocycles. The van der Waals surface area contributed by atoms with Crippen molar-refractivity contribution in [1.29, 1.82) is 0 Å². The lowest BCUT2D eigenvalue weighted by molar-refractivity contribution is -0.120. The van der Waals surface area contributed by atoms with E-state index in [0.717, 1.165) is 0 Å². The van der Waals surface area contributed by atoms with Gasteiger partial charge in [-0.05, 0) is 36.5 Å². The van der Waals surface area contributed by atoms with E-state index in [1.807, 2.05) is 18.2 Å². The van der Waals surface area contributed by atoms with Crippen LogP contribution in [0.15, 0.2) is 24.3 Å². The third-order valence-electron chi connectivity index (χ3n) is 4.64. The lowest BCUT2D eigenvalue weighted by Crippen LogP contribution is -2.50. The molecule has 1 aromatic rings. The van der Waals surface area contributed by atoms with Crippen LogP contribution in [0.3, 0.4) is 0 Å². The number of primary amides is 1. The van der Waals surface area contributed by atoms with Crippen molar-refractivity contribution in [2.75, 3.05) is 19.8 Å². The number of carbonyl (C=O) groups excluding carboxylic acids is 2. The summed E-state index contributed by atoms with van der Waals surface area (Å²) in [5.41, 5.74) is 7.22. The topological polar surface area (TPSA) is 72.6 Å². The molecule has 1 atom stereocenters. The minimum absolute atomic E-state index is 0.0317. The van der Waals surface area contributed by atoms with E-state index in [4.69, 9.17) is 10.5 Å². The van der Waals surface area contributed by atoms with E-state index in [0.29, 0.717) is 31.2 Å². The molecule has 0 aromatic heterocycles. The van der Waals surface area contributed by atoms with E-state index in [9.17, 15) is 9.59 Å². The summed E-state index contributed by atoms with van der Waals surface area (Å²) in [5, 5.41) is 0. The monoisotopic (exact) mass is 302 g/mol. The maximum atomic E-state index is 12.8. The predicted octanol–water partition coefficient (Wildman–Crippen LogP) is 1.67. The Bertz CT molecular complexity index is 569. The smallest absolute Gasteiger partial charge is 0.254 e. The van der Waals surface area contributed by atoms with Gasteiger partial charge in [0.25, 0.3) is 5.91 Å². The van der Waals surface area contributed by atoms with E-state index in [-0.39, 0.29) is 18.4 Å². The van der Waals surface area contributed by atoms with E-state index < -0.39 is 5.91 Å². The molecule has 2 N–H and O–H groups in total. The largest absolute Gasteiger partial charge is 0.377 e. The van der Waals surface area contributed by atoms with Crippen LogP contribution in [0.5, 0.6) is 0 Å². The second kappa shape index (κ2) is 6.48. The van der Waals surface area contributed by atoms with Crippen LogP contribution in [0.1, 0.15) is 47.5 Å². The Morgan fingerprint density at radius 3 is 2.82 bits per heavy atom. The third kappa shape index (κ3) is 3.14. The summed E-state index contributed by atoms with van der Waals surface area (Å²) in [6.45, 7) is 1.38. The lowest BCUT2D eigenvalue weighted by atomic mass is 9.79. The van der Waals surface area contributed by atoms with Crippen LogP contribution in [0.4, 0.5) is 0 Å². The van der Waals surface area contributed by atoms with Crippen molar-refractivity contribution in [3.05, 3.63) is 35.4 Å². The summed E-state index contributed by atoms with van der Waals surface area (Å²) >= 11 is 0. The number of ether oxygens (including phenoxy) is 1. The van der Waals surface area contributed by atoms with Gasteiger partial charge in [-0.25, -0.2) is 0 Å². The Balaban J connectivity index is 1.77. The van der Waals surface area contributed by atoms with Gasteiger partial charge in [-0.15, -0.1) is 0 Å². The molecule has 1 aliphatic heterocycles. The van der Waals surface area contributed by atoms with E-state index in [1.165, 1.54) is 24.8 Å². The molecule has 5 nitrogen and oxygen atoms in total. The minimum Gasteiger partial charge on any atom is -0.377 e. The Kier molecular flexibility index (Phi) is 4.43. The van der Waals surface area contributed by atoms with Crippen LogP contribution < -0.4 is 5.73 Å². The number of hydrogen-bond acceptors (Lipinski definition) is 3. The number of benzene rings is 1. The average molecular weight is 302 g/mol. The maximum absolute atomic E-state index is 12.8. The molecular weight excluding hydrogens is 280 g/mol. The van der Waals surface area contributed by atoms with Crippen molar-refractivity contribution >= 4 is 11.8 Å². The fourth-order valence-electron chi connectivity index (χ4n) is 3.16. The van der Waals surface area contributed by atoms with Crippen molar-refractivity contribution in [2.45, 2.75) is 37.6 Å². The van der Waals surface area contributed by atoms with Crippen LogP contribution >= 0.6 is 0 Å². The van der Waals surface area contributed by atoms with Crippen molar-refractivity contribution in [2.24, 2.45) is 5.73 Å². The van der Waals surface area contributed by atoms with E-state index in [2.05, 4.69) is 6.07 Å². The molecule has 22 heavy (non-hydrogen) atoms. The first-order valence-corrected chi connectivity index (χ1v) is 7.92. The summed E-state index contributed by atoms with van der Waals surface area (Å²) in [6, 6.07) is 7.64. The minimum atomic E-state index is -0.406. The zero-order valence-electron chi connectivity index (χ0n) is 12.7. The van der Waals surface area contributed by atoms with Gasteiger partial charge in [-0.2, -0.15) is 0 Å². The summed E-state index contributed by atoms with van der Waals surface area (Å²) in [4.78, 5) is 25.7. The summed E-state index contributed by atoms with van der Waals surface area (Å²) < 4.78 is 5.39. The average Bonchev–Trinajstić information content (AvgIpc) is 2.45. The molecule has 1 saturated heterocycles. The number of hydrogen-bond donors (Lipinski definition) is 1. The highest BCUT2D eigenvalue weighted by Crippen LogP contribution is 2.36. The van der Waals surface area contributed by atoms with Crippen molar-refractivity contribution < 1.29 is 14.3 Å². The third-order valence-corrected chi connectivity index (χ3v) is 4.64. The van der Waals surface area contributed by atoms with Crippen LogP contribution in [0, 0.1) is 0 Å². The number of rotatable bonds is 4. The Labute approximate surface area is 130 Å². The molecule has 0 radical (unpaired) electrons. The standard InChI is InChI=1S/C17H22N2O3/c18-16(20)10-15-11-22-8-7-19(15)17(21)14-6-2-5-13(9-14)12-3-1-4-12/h2,5-6,9,12,15H,1,3-4,7-8,10-11H2,(H2,18,20). The quantitative estimate of drug-likeness (QED) is 0.919. The van der Waals surface area contributed by atoms with E-state index in [1.54, 1.807) is 4.90 Å². The molecule has 0 bridgehead atoms. The summed E-state index contributed by atoms with van der Waals surface area (Å²) in [7, 11) is 0. The molecule has 1 saturated carbocycles. The molecule has 1 heterocycles. The van der Waals surface area contributed by atoms with Gasteiger partial charge in [0.1, 0.15) is 0 Å². The normalized spacial score (nSPS) is 22.2. The molecule has 2 aliphatic rings. The van der Waals surface area contributed by atoms with E-state index >= 15 is 0 Å². The number of nitrogens with zero attached hydrogens (tertiary/aromatic N) is 1. The Morgan fingerprint density at radius 1 is 1.32 bits per heavy atom. The second-order valence-electron chi connectivity index (χ2n) is 6.15. The molecule has 2 amide bonds. The molecule has 2 fully saturated rings. The SMILES string of the molecule is NC(=O)CC1COCCN1C(=O)c1cccc(C2CCC2)c1. The van der Waals surface area contributed by atoms with Crippen LogP contribution in [-0.2, 0) is 9.53 Å². The Hall–Kier alpha value is -1.88. The van der Waals surface area contributed by atoms with Crippen molar-refractivity contribution in [3.63, 3.8) is 0 Å². The van der Waals surface area contributed by atoms with Gasteiger partial charge in [0.2, 0.25) is 5.91 Å². The molecule has 3 rings (SSSR count). The Morgan fingerprint density at radius 2 is 2.14 bits per heavy atom. The number of nitrogens with two attached hydrogens (primary N) is 1. The van der Waals surface area contributed by atoms with Crippen molar-refractivity contribution in [3.8, 4) is 0 Å². The number of morpholine rings is 1. The first-order valence-electron chi connectivity index (χ1n) is 7.92. The van der Waals surface area contributed by atoms with Crippen LogP contribution in [-0.4, -0.2) is 42.5 Å². The van der Waals surface area contributed by atoms with Crippen LogP contribution in [0.25, 0.3) is 0 Å². The summed E-state index contributed by atoms with van der Waals surface area (Å²) in [6.07, 6.45) is 3.83. The fourth-order valence-corrected chi connectivity index (χ4v) is 3.16. The van der Waals surface area contributed by atoms with Gasteiger partial charge < -0.3 is 15.4 Å². The zero-order chi connectivity index (χ0) is 15.5. The van der Waals surface area contributed by atoms with Gasteiger partial charge >= 0.3 is 0 Å². The number of amides is 2. The first kappa shape index (κ1) is 15.0. The van der Waals surface area contributed by atoms with Gasteiger partial charge in [0, 0.05) is 18.5 Å². The lowest BCUT2D eigenvalue weighted by Gasteiger charge is -2.35. The van der Waals surface area contributed by atoms with Gasteiger partial charge in [-0.3, -0.25) is 9.59 Å². The summed E-state index contributed by atoms with van der Waals surface area (Å²) in [5.74, 6) is 0.158. The van der Waals surface area contributed by atoms with Gasteiger partial charge in [0.15, 0.2) is 0 Å². The molecule has 1 unspecified atom stereocenters. The first-order chi connectivity index (χ1) is 10.6. The molecule has 5 heteroatoms. The molecular formula is C17H22N2O3. The highest BCUT2D eigenvalue weighted by Gasteiger charge is 2.30.